The maximum Gasteiger partial charge on any atom is 0.222 e. The van der Waals surface area contributed by atoms with Crippen LogP contribution in [-0.2, 0) is 14.8 Å². The van der Waals surface area contributed by atoms with E-state index in [1.54, 1.807) is 0 Å². The van der Waals surface area contributed by atoms with Crippen molar-refractivity contribution in [1.29, 1.82) is 0 Å². The Morgan fingerprint density at radius 3 is 2.79 bits per heavy atom. The van der Waals surface area contributed by atoms with Crippen molar-refractivity contribution in [2.45, 2.75) is 32.1 Å². The first-order valence-electron chi connectivity index (χ1n) is 6.71. The van der Waals surface area contributed by atoms with E-state index in [0.29, 0.717) is 25.4 Å². The summed E-state index contributed by atoms with van der Waals surface area (Å²) in [6, 6.07) is 0. The zero-order chi connectivity index (χ0) is 14.3. The Bertz CT molecular complexity index is 386. The highest BCUT2D eigenvalue weighted by Crippen LogP contribution is 2.17. The number of sulfonamides is 1. The van der Waals surface area contributed by atoms with Crippen LogP contribution in [0.25, 0.3) is 0 Å². The summed E-state index contributed by atoms with van der Waals surface area (Å²) in [5.74, 6) is 0.975. The van der Waals surface area contributed by atoms with Crippen molar-refractivity contribution in [2.24, 2.45) is 5.92 Å². The molecule has 1 unspecified atom stereocenters. The van der Waals surface area contributed by atoms with Crippen LogP contribution in [0.2, 0.25) is 0 Å². The number of unbranched alkanes of at least 4 members (excludes halogenated alkanes) is 1. The summed E-state index contributed by atoms with van der Waals surface area (Å²) in [7, 11) is -3.15. The van der Waals surface area contributed by atoms with Gasteiger partial charge in [-0.15, -0.1) is 11.6 Å². The topological polar surface area (TPSA) is 66.5 Å². The normalized spacial score (nSPS) is 20.5. The van der Waals surface area contributed by atoms with E-state index in [1.807, 2.05) is 4.90 Å². The van der Waals surface area contributed by atoms with Crippen LogP contribution < -0.4 is 4.72 Å². The Hall–Kier alpha value is -0.330. The first kappa shape index (κ1) is 16.7. The first-order chi connectivity index (χ1) is 8.92. The highest BCUT2D eigenvalue weighted by molar-refractivity contribution is 7.88. The van der Waals surface area contributed by atoms with Crippen molar-refractivity contribution in [1.82, 2.24) is 9.62 Å². The number of carbonyl (C=O) groups excluding carboxylic acids is 1. The molecule has 1 amide bonds. The summed E-state index contributed by atoms with van der Waals surface area (Å²) >= 11 is 5.59. The fraction of sp³-hybridized carbons (Fsp3) is 0.917. The molecule has 0 aromatic rings. The minimum Gasteiger partial charge on any atom is -0.342 e. The zero-order valence-electron chi connectivity index (χ0n) is 11.4. The number of nitrogens with zero attached hydrogens (tertiary/aromatic N) is 1. The highest BCUT2D eigenvalue weighted by atomic mass is 35.5. The number of amides is 1. The lowest BCUT2D eigenvalue weighted by Gasteiger charge is -2.32. The molecule has 19 heavy (non-hydrogen) atoms. The number of nitrogens with one attached hydrogen (secondary N) is 1. The van der Waals surface area contributed by atoms with E-state index in [2.05, 4.69) is 4.72 Å². The predicted molar refractivity (Wildman–Crippen MR) is 76.7 cm³/mol. The number of hydrogen-bond acceptors (Lipinski definition) is 3. The van der Waals surface area contributed by atoms with Gasteiger partial charge in [0.25, 0.3) is 0 Å². The van der Waals surface area contributed by atoms with Crippen molar-refractivity contribution >= 4 is 27.5 Å². The molecule has 1 saturated heterocycles. The number of piperidine rings is 1. The molecule has 112 valence electrons. The number of halogens is 1. The second kappa shape index (κ2) is 8.07. The maximum atomic E-state index is 12.0. The monoisotopic (exact) mass is 310 g/mol. The fourth-order valence-corrected chi connectivity index (χ4v) is 2.98. The zero-order valence-corrected chi connectivity index (χ0v) is 13.0. The van der Waals surface area contributed by atoms with Crippen molar-refractivity contribution in [2.75, 3.05) is 31.8 Å². The van der Waals surface area contributed by atoms with Gasteiger partial charge in [0.05, 0.1) is 6.26 Å². The average Bonchev–Trinajstić information content (AvgIpc) is 2.36. The standard InChI is InChI=1S/C12H23ClN2O3S/c1-19(17,18)14-9-11-5-4-8-15(10-11)12(16)6-2-3-7-13/h11,14H,2-10H2,1H3. The van der Waals surface area contributed by atoms with Gasteiger partial charge in [-0.2, -0.15) is 0 Å². The average molecular weight is 311 g/mol. The van der Waals surface area contributed by atoms with E-state index in [-0.39, 0.29) is 11.8 Å². The third kappa shape index (κ3) is 7.13. The van der Waals surface area contributed by atoms with Crippen LogP contribution in [0.15, 0.2) is 0 Å². The summed E-state index contributed by atoms with van der Waals surface area (Å²) < 4.78 is 24.6. The van der Waals surface area contributed by atoms with Gasteiger partial charge in [-0.3, -0.25) is 4.79 Å². The summed E-state index contributed by atoms with van der Waals surface area (Å²) in [6.45, 7) is 1.86. The predicted octanol–water partition coefficient (Wildman–Crippen LogP) is 1.18. The van der Waals surface area contributed by atoms with E-state index in [0.717, 1.165) is 38.5 Å². The quantitative estimate of drug-likeness (QED) is 0.567. The Morgan fingerprint density at radius 2 is 2.16 bits per heavy atom. The summed E-state index contributed by atoms with van der Waals surface area (Å²) in [4.78, 5) is 13.8. The van der Waals surface area contributed by atoms with Crippen LogP contribution in [0.5, 0.6) is 0 Å². The van der Waals surface area contributed by atoms with Gasteiger partial charge in [-0.1, -0.05) is 0 Å². The fourth-order valence-electron chi connectivity index (χ4n) is 2.26. The Morgan fingerprint density at radius 1 is 1.42 bits per heavy atom. The molecule has 0 saturated carbocycles. The van der Waals surface area contributed by atoms with E-state index < -0.39 is 10.0 Å². The van der Waals surface area contributed by atoms with Crippen molar-refractivity contribution in [3.63, 3.8) is 0 Å². The van der Waals surface area contributed by atoms with Gasteiger partial charge in [-0.05, 0) is 31.6 Å². The Labute approximate surface area is 120 Å². The molecular formula is C12H23ClN2O3S. The van der Waals surface area contributed by atoms with Gasteiger partial charge in [-0.25, -0.2) is 13.1 Å². The van der Waals surface area contributed by atoms with Crippen LogP contribution in [0, 0.1) is 5.92 Å². The third-order valence-corrected chi connectivity index (χ3v) is 4.24. The second-order valence-corrected chi connectivity index (χ2v) is 7.33. The summed E-state index contributed by atoms with van der Waals surface area (Å²) in [5.41, 5.74) is 0. The molecule has 7 heteroatoms. The molecule has 1 atom stereocenters. The van der Waals surface area contributed by atoms with Crippen molar-refractivity contribution < 1.29 is 13.2 Å². The Balaban J connectivity index is 2.34. The van der Waals surface area contributed by atoms with E-state index >= 15 is 0 Å². The summed E-state index contributed by atoms with van der Waals surface area (Å²) in [6.07, 6.45) is 5.29. The van der Waals surface area contributed by atoms with E-state index in [4.69, 9.17) is 11.6 Å². The lowest BCUT2D eigenvalue weighted by atomic mass is 9.98. The molecule has 1 rings (SSSR count). The second-order valence-electron chi connectivity index (χ2n) is 5.11. The molecule has 0 spiro atoms. The van der Waals surface area contributed by atoms with Crippen LogP contribution in [0.3, 0.4) is 0 Å². The number of likely N-dealkylation sites (tertiary alicyclic amines) is 1. The molecule has 1 heterocycles. The SMILES string of the molecule is CS(=O)(=O)NCC1CCCN(C(=O)CCCCCl)C1. The van der Waals surface area contributed by atoms with Gasteiger partial charge in [0, 0.05) is 31.9 Å². The lowest BCUT2D eigenvalue weighted by molar-refractivity contribution is -0.133. The molecule has 1 fully saturated rings. The number of carbonyl (C=O) groups is 1. The largest absolute Gasteiger partial charge is 0.342 e. The molecule has 5 nitrogen and oxygen atoms in total. The molecule has 1 aliphatic heterocycles. The minimum atomic E-state index is -3.15. The number of rotatable bonds is 7. The van der Waals surface area contributed by atoms with Crippen LogP contribution >= 0.6 is 11.6 Å². The first-order valence-corrected chi connectivity index (χ1v) is 9.13. The molecule has 1 aliphatic rings. The summed E-state index contributed by atoms with van der Waals surface area (Å²) in [5, 5.41) is 0. The molecule has 0 bridgehead atoms. The van der Waals surface area contributed by atoms with Crippen LogP contribution in [-0.4, -0.2) is 51.0 Å². The number of hydrogen-bond donors (Lipinski definition) is 1. The molecule has 0 aliphatic carbocycles. The molecule has 1 N–H and O–H groups in total. The highest BCUT2D eigenvalue weighted by Gasteiger charge is 2.23. The molecule has 0 aromatic carbocycles. The van der Waals surface area contributed by atoms with Gasteiger partial charge < -0.3 is 4.90 Å². The smallest absolute Gasteiger partial charge is 0.222 e. The van der Waals surface area contributed by atoms with Crippen molar-refractivity contribution in [3.8, 4) is 0 Å². The number of alkyl halides is 1. The van der Waals surface area contributed by atoms with Crippen LogP contribution in [0.4, 0.5) is 0 Å². The van der Waals surface area contributed by atoms with E-state index in [1.165, 1.54) is 0 Å². The van der Waals surface area contributed by atoms with Gasteiger partial charge in [0.15, 0.2) is 0 Å². The lowest BCUT2D eigenvalue weighted by Crippen LogP contribution is -2.43. The van der Waals surface area contributed by atoms with Gasteiger partial charge in [0.2, 0.25) is 15.9 Å². The van der Waals surface area contributed by atoms with Crippen molar-refractivity contribution in [3.05, 3.63) is 0 Å². The molecule has 0 radical (unpaired) electrons. The Kier molecular flexibility index (Phi) is 7.10. The van der Waals surface area contributed by atoms with Crippen LogP contribution in [0.1, 0.15) is 32.1 Å². The maximum absolute atomic E-state index is 12.0. The third-order valence-electron chi connectivity index (χ3n) is 3.28. The van der Waals surface area contributed by atoms with Gasteiger partial charge in [0.1, 0.15) is 0 Å². The molecular weight excluding hydrogens is 288 g/mol. The van der Waals surface area contributed by atoms with E-state index in [9.17, 15) is 13.2 Å². The van der Waals surface area contributed by atoms with Gasteiger partial charge >= 0.3 is 0 Å². The molecule has 0 aromatic heterocycles. The minimum absolute atomic E-state index is 0.161.